The van der Waals surface area contributed by atoms with Gasteiger partial charge in [0.1, 0.15) is 0 Å². The van der Waals surface area contributed by atoms with E-state index in [1.165, 1.54) is 18.3 Å². The van der Waals surface area contributed by atoms with Crippen molar-refractivity contribution in [2.75, 3.05) is 20.1 Å². The smallest absolute Gasteiger partial charge is 0.247 e. The van der Waals surface area contributed by atoms with Crippen LogP contribution in [0.2, 0.25) is 0 Å². The molecular weight excluding hydrogens is 278 g/mol. The normalized spacial score (nSPS) is 28.4. The lowest BCUT2D eigenvalue weighted by Crippen LogP contribution is -2.39. The Bertz CT molecular complexity index is 635. The largest absolute Gasteiger partial charge is 0.328 e. The highest BCUT2D eigenvalue weighted by atomic mass is 32.2. The number of H-pyrrole nitrogens is 1. The third-order valence-electron chi connectivity index (χ3n) is 4.50. The van der Waals surface area contributed by atoms with Crippen LogP contribution in [-0.2, 0) is 10.0 Å². The summed E-state index contributed by atoms with van der Waals surface area (Å²) in [6.07, 6.45) is 4.37. The predicted octanol–water partition coefficient (Wildman–Crippen LogP) is 0.232. The molecule has 2 atom stereocenters. The first-order chi connectivity index (χ1) is 9.48. The Morgan fingerprint density at radius 1 is 1.20 bits per heavy atom. The highest BCUT2D eigenvalue weighted by molar-refractivity contribution is 7.89. The molecule has 1 N–H and O–H groups in total. The molecule has 1 aromatic heterocycles. The number of likely N-dealkylation sites (N-methyl/N-ethyl adjacent to an activating group) is 1. The van der Waals surface area contributed by atoms with Crippen molar-refractivity contribution in [2.24, 2.45) is 0 Å². The van der Waals surface area contributed by atoms with Gasteiger partial charge in [0.25, 0.3) is 0 Å². The molecule has 2 aliphatic heterocycles. The monoisotopic (exact) mass is 297 g/mol. The average molecular weight is 297 g/mol. The van der Waals surface area contributed by atoms with E-state index in [1.54, 1.807) is 4.31 Å². The van der Waals surface area contributed by atoms with Crippen molar-refractivity contribution in [1.29, 1.82) is 0 Å². The first kappa shape index (κ1) is 13.8. The molecule has 0 saturated carbocycles. The van der Waals surface area contributed by atoms with Crippen molar-refractivity contribution in [3.8, 4) is 0 Å². The van der Waals surface area contributed by atoms with Crippen LogP contribution in [0.25, 0.3) is 0 Å². The summed E-state index contributed by atoms with van der Waals surface area (Å²) in [6, 6.07) is 3.43. The van der Waals surface area contributed by atoms with Crippen LogP contribution in [0, 0.1) is 0 Å². The van der Waals surface area contributed by atoms with Crippen molar-refractivity contribution < 1.29 is 8.42 Å². The van der Waals surface area contributed by atoms with E-state index in [2.05, 4.69) is 16.9 Å². The van der Waals surface area contributed by atoms with Crippen LogP contribution in [-0.4, -0.2) is 54.8 Å². The quantitative estimate of drug-likeness (QED) is 0.848. The van der Waals surface area contributed by atoms with Crippen molar-refractivity contribution in [2.45, 2.75) is 36.2 Å². The summed E-state index contributed by atoms with van der Waals surface area (Å²) < 4.78 is 26.8. The Labute approximate surface area is 118 Å². The molecule has 20 heavy (non-hydrogen) atoms. The first-order valence-corrected chi connectivity index (χ1v) is 8.33. The number of hydrogen-bond donors (Lipinski definition) is 1. The van der Waals surface area contributed by atoms with Crippen molar-refractivity contribution in [3.63, 3.8) is 0 Å². The topological polar surface area (TPSA) is 73.5 Å². The van der Waals surface area contributed by atoms with Crippen molar-refractivity contribution in [1.82, 2.24) is 14.2 Å². The predicted molar refractivity (Wildman–Crippen MR) is 75.0 cm³/mol. The highest BCUT2D eigenvalue weighted by Crippen LogP contribution is 2.30. The molecule has 1 aromatic rings. The fraction of sp³-hybridized carbons (Fsp3) is 0.615. The zero-order chi connectivity index (χ0) is 14.3. The van der Waals surface area contributed by atoms with Gasteiger partial charge < -0.3 is 4.98 Å². The number of pyridine rings is 1. The number of fused-ring (bicyclic) bond motifs is 2. The Hall–Kier alpha value is -1.18. The Kier molecular flexibility index (Phi) is 3.43. The van der Waals surface area contributed by atoms with Gasteiger partial charge >= 0.3 is 0 Å². The number of nitrogens with one attached hydrogen (secondary N) is 1. The molecule has 3 rings (SSSR count). The third kappa shape index (κ3) is 2.30. The molecule has 0 spiro atoms. The minimum atomic E-state index is -3.51. The number of nitrogens with zero attached hydrogens (tertiary/aromatic N) is 2. The van der Waals surface area contributed by atoms with E-state index in [1.807, 2.05) is 0 Å². The van der Waals surface area contributed by atoms with Gasteiger partial charge in [-0.1, -0.05) is 0 Å². The van der Waals surface area contributed by atoms with Gasteiger partial charge in [0.05, 0.1) is 4.90 Å². The molecule has 0 aromatic carbocycles. The lowest BCUT2D eigenvalue weighted by molar-refractivity contribution is 0.246. The number of aromatic nitrogens is 1. The van der Waals surface area contributed by atoms with Crippen LogP contribution in [0.4, 0.5) is 0 Å². The van der Waals surface area contributed by atoms with Gasteiger partial charge in [-0.15, -0.1) is 0 Å². The SMILES string of the molecule is CN1C2CCC1CN(S(=O)(=O)c1ccc(=O)[nH]c1)CC2. The maximum absolute atomic E-state index is 12.6. The average Bonchev–Trinajstić information content (AvgIpc) is 2.63. The zero-order valence-corrected chi connectivity index (χ0v) is 12.3. The minimum Gasteiger partial charge on any atom is -0.328 e. The molecular formula is C13H19N3O3S. The summed E-state index contributed by atoms with van der Waals surface area (Å²) in [5.74, 6) is 0. The Balaban J connectivity index is 1.88. The van der Waals surface area contributed by atoms with Crippen LogP contribution in [0.5, 0.6) is 0 Å². The van der Waals surface area contributed by atoms with Crippen LogP contribution in [0.3, 0.4) is 0 Å². The van der Waals surface area contributed by atoms with Crippen molar-refractivity contribution >= 4 is 10.0 Å². The van der Waals surface area contributed by atoms with E-state index < -0.39 is 10.0 Å². The number of aromatic amines is 1. The molecule has 2 unspecified atom stereocenters. The molecule has 3 heterocycles. The van der Waals surface area contributed by atoms with Gasteiger partial charge in [-0.3, -0.25) is 9.69 Å². The van der Waals surface area contributed by atoms with Crippen molar-refractivity contribution in [3.05, 3.63) is 28.7 Å². The molecule has 0 amide bonds. The molecule has 2 fully saturated rings. The second kappa shape index (κ2) is 4.98. The maximum atomic E-state index is 12.6. The lowest BCUT2D eigenvalue weighted by Gasteiger charge is -2.25. The number of hydrogen-bond acceptors (Lipinski definition) is 4. The summed E-state index contributed by atoms with van der Waals surface area (Å²) >= 11 is 0. The molecule has 110 valence electrons. The summed E-state index contributed by atoms with van der Waals surface area (Å²) in [5, 5.41) is 0. The molecule has 2 saturated heterocycles. The second-order valence-electron chi connectivity index (χ2n) is 5.59. The first-order valence-electron chi connectivity index (χ1n) is 6.89. The fourth-order valence-corrected chi connectivity index (χ4v) is 4.66. The van der Waals surface area contributed by atoms with E-state index >= 15 is 0 Å². The second-order valence-corrected chi connectivity index (χ2v) is 7.53. The summed E-state index contributed by atoms with van der Waals surface area (Å²) in [5.41, 5.74) is -0.293. The van der Waals surface area contributed by atoms with E-state index in [9.17, 15) is 13.2 Å². The van der Waals surface area contributed by atoms with Crippen LogP contribution in [0.15, 0.2) is 28.0 Å². The molecule has 6 nitrogen and oxygen atoms in total. The fourth-order valence-electron chi connectivity index (χ4n) is 3.20. The molecule has 7 heteroatoms. The summed E-state index contributed by atoms with van der Waals surface area (Å²) in [4.78, 5) is 16.0. The van der Waals surface area contributed by atoms with E-state index in [0.29, 0.717) is 25.2 Å². The van der Waals surface area contributed by atoms with Crippen LogP contribution in [0.1, 0.15) is 19.3 Å². The maximum Gasteiger partial charge on any atom is 0.247 e. The van der Waals surface area contributed by atoms with Gasteiger partial charge in [-0.25, -0.2) is 8.42 Å². The zero-order valence-electron chi connectivity index (χ0n) is 11.4. The summed E-state index contributed by atoms with van der Waals surface area (Å²) in [6.45, 7) is 1.08. The molecule has 2 aliphatic rings. The molecule has 2 bridgehead atoms. The van der Waals surface area contributed by atoms with Gasteiger partial charge in [-0.05, 0) is 32.4 Å². The van der Waals surface area contributed by atoms with E-state index in [4.69, 9.17) is 0 Å². The Morgan fingerprint density at radius 3 is 2.65 bits per heavy atom. The van der Waals surface area contributed by atoms with E-state index in [-0.39, 0.29) is 10.5 Å². The van der Waals surface area contributed by atoms with Gasteiger partial charge in [0.15, 0.2) is 0 Å². The summed E-state index contributed by atoms with van der Waals surface area (Å²) in [7, 11) is -1.43. The number of sulfonamides is 1. The molecule has 0 aliphatic carbocycles. The van der Waals surface area contributed by atoms with Gasteiger partial charge in [-0.2, -0.15) is 4.31 Å². The van der Waals surface area contributed by atoms with Gasteiger partial charge in [0.2, 0.25) is 15.6 Å². The van der Waals surface area contributed by atoms with Crippen LogP contribution < -0.4 is 5.56 Å². The minimum absolute atomic E-state index is 0.164. The molecule has 0 radical (unpaired) electrons. The highest BCUT2D eigenvalue weighted by Gasteiger charge is 2.38. The lowest BCUT2D eigenvalue weighted by atomic mass is 10.1. The third-order valence-corrected chi connectivity index (χ3v) is 6.37. The van der Waals surface area contributed by atoms with Gasteiger partial charge in [0, 0.05) is 37.4 Å². The number of rotatable bonds is 2. The van der Waals surface area contributed by atoms with E-state index in [0.717, 1.165) is 19.3 Å². The standard InChI is InChI=1S/C13H19N3O3S/c1-15-10-2-3-11(15)9-16(7-6-10)20(18,19)12-4-5-13(17)14-8-12/h4-5,8,10-11H,2-3,6-7,9H2,1H3,(H,14,17). The Morgan fingerprint density at radius 2 is 1.95 bits per heavy atom. The van der Waals surface area contributed by atoms with Crippen LogP contribution >= 0.6 is 0 Å².